The maximum absolute atomic E-state index is 12.4. The smallest absolute Gasteiger partial charge is 0.241 e. The maximum Gasteiger partial charge on any atom is 0.241 e. The number of carbonyl (C=O) groups excluding carboxylic acids is 2. The summed E-state index contributed by atoms with van der Waals surface area (Å²) in [4.78, 5) is 25.7. The zero-order chi connectivity index (χ0) is 18.4. The largest absolute Gasteiger partial charge is 0.497 e. The molecular weight excluding hydrogens is 316 g/mol. The molecule has 0 saturated carbocycles. The molecule has 5 nitrogen and oxygen atoms in total. The average Bonchev–Trinajstić information content (AvgIpc) is 2.62. The van der Waals surface area contributed by atoms with Crippen molar-refractivity contribution in [3.8, 4) is 5.75 Å². The standard InChI is InChI=1S/C20H24N2O3/c1-14(22(3)13-16-5-11-19(25-4)12-6-16)20(24)21-18-9-7-17(8-10-18)15(2)23/h5-12,14H,13H2,1-4H3,(H,21,24). The van der Waals surface area contributed by atoms with Crippen LogP contribution in [0.1, 0.15) is 29.8 Å². The van der Waals surface area contributed by atoms with Crippen molar-refractivity contribution in [3.05, 3.63) is 59.7 Å². The Morgan fingerprint density at radius 1 is 1.08 bits per heavy atom. The Morgan fingerprint density at radius 3 is 2.20 bits per heavy atom. The Hall–Kier alpha value is -2.66. The maximum atomic E-state index is 12.4. The van der Waals surface area contributed by atoms with Crippen LogP contribution in [0.3, 0.4) is 0 Å². The minimum Gasteiger partial charge on any atom is -0.497 e. The molecule has 0 aliphatic carbocycles. The number of Topliss-reactive ketones (excluding diaryl/α,β-unsaturated/α-hetero) is 1. The molecule has 0 heterocycles. The van der Waals surface area contributed by atoms with E-state index in [1.807, 2.05) is 43.1 Å². The Morgan fingerprint density at radius 2 is 1.68 bits per heavy atom. The number of nitrogens with one attached hydrogen (secondary N) is 1. The van der Waals surface area contributed by atoms with Gasteiger partial charge in [0.15, 0.2) is 5.78 Å². The average molecular weight is 340 g/mol. The highest BCUT2D eigenvalue weighted by Gasteiger charge is 2.18. The number of nitrogens with zero attached hydrogens (tertiary/aromatic N) is 1. The van der Waals surface area contributed by atoms with Crippen LogP contribution in [0.2, 0.25) is 0 Å². The predicted molar refractivity (Wildman–Crippen MR) is 99.0 cm³/mol. The fourth-order valence-corrected chi connectivity index (χ4v) is 2.39. The van der Waals surface area contributed by atoms with Crippen LogP contribution in [0, 0.1) is 0 Å². The van der Waals surface area contributed by atoms with Gasteiger partial charge in [-0.2, -0.15) is 0 Å². The number of ketones is 1. The van der Waals surface area contributed by atoms with Gasteiger partial charge in [0, 0.05) is 17.8 Å². The lowest BCUT2D eigenvalue weighted by molar-refractivity contribution is -0.120. The lowest BCUT2D eigenvalue weighted by Crippen LogP contribution is -2.39. The van der Waals surface area contributed by atoms with Crippen LogP contribution >= 0.6 is 0 Å². The minimum atomic E-state index is -0.297. The van der Waals surface area contributed by atoms with E-state index < -0.39 is 0 Å². The van der Waals surface area contributed by atoms with Gasteiger partial charge in [0.1, 0.15) is 5.75 Å². The lowest BCUT2D eigenvalue weighted by Gasteiger charge is -2.24. The highest BCUT2D eigenvalue weighted by molar-refractivity contribution is 5.96. The van der Waals surface area contributed by atoms with Crippen molar-refractivity contribution in [1.82, 2.24) is 4.90 Å². The first-order valence-electron chi connectivity index (χ1n) is 8.15. The number of benzene rings is 2. The first-order chi connectivity index (χ1) is 11.9. The molecule has 0 spiro atoms. The van der Waals surface area contributed by atoms with E-state index in [4.69, 9.17) is 4.74 Å². The van der Waals surface area contributed by atoms with Crippen LogP contribution in [0.4, 0.5) is 5.69 Å². The molecule has 2 aromatic rings. The summed E-state index contributed by atoms with van der Waals surface area (Å²) in [5, 5.41) is 2.88. The Labute approximate surface area is 148 Å². The van der Waals surface area contributed by atoms with Gasteiger partial charge in [-0.1, -0.05) is 12.1 Å². The second-order valence-corrected chi connectivity index (χ2v) is 6.06. The molecule has 5 heteroatoms. The third-order valence-corrected chi connectivity index (χ3v) is 4.19. The van der Waals surface area contributed by atoms with Crippen LogP contribution < -0.4 is 10.1 Å². The number of rotatable bonds is 7. The quantitative estimate of drug-likeness (QED) is 0.785. The molecule has 132 valence electrons. The van der Waals surface area contributed by atoms with E-state index in [0.29, 0.717) is 17.8 Å². The highest BCUT2D eigenvalue weighted by atomic mass is 16.5. The van der Waals surface area contributed by atoms with Gasteiger partial charge in [-0.3, -0.25) is 14.5 Å². The first kappa shape index (κ1) is 18.7. The van der Waals surface area contributed by atoms with E-state index in [9.17, 15) is 9.59 Å². The normalized spacial score (nSPS) is 11.9. The second-order valence-electron chi connectivity index (χ2n) is 6.06. The van der Waals surface area contributed by atoms with E-state index in [2.05, 4.69) is 5.32 Å². The fraction of sp³-hybridized carbons (Fsp3) is 0.300. The van der Waals surface area contributed by atoms with Gasteiger partial charge in [-0.05, 0) is 62.9 Å². The van der Waals surface area contributed by atoms with Crippen LogP contribution in [0.25, 0.3) is 0 Å². The summed E-state index contributed by atoms with van der Waals surface area (Å²) in [6, 6.07) is 14.4. The Bertz CT molecular complexity index is 724. The number of methoxy groups -OCH3 is 1. The van der Waals surface area contributed by atoms with Crippen LogP contribution in [-0.4, -0.2) is 36.8 Å². The highest BCUT2D eigenvalue weighted by Crippen LogP contribution is 2.15. The van der Waals surface area contributed by atoms with E-state index in [-0.39, 0.29) is 17.7 Å². The molecule has 2 aromatic carbocycles. The van der Waals surface area contributed by atoms with Crippen molar-refractivity contribution in [2.75, 3.05) is 19.5 Å². The Balaban J connectivity index is 1.94. The van der Waals surface area contributed by atoms with Crippen molar-refractivity contribution < 1.29 is 14.3 Å². The molecule has 0 aliphatic rings. The van der Waals surface area contributed by atoms with Gasteiger partial charge in [-0.25, -0.2) is 0 Å². The molecule has 0 aromatic heterocycles. The number of likely N-dealkylation sites (N-methyl/N-ethyl adjacent to an activating group) is 1. The van der Waals surface area contributed by atoms with E-state index in [1.54, 1.807) is 31.4 Å². The molecule has 0 bridgehead atoms. The zero-order valence-electron chi connectivity index (χ0n) is 15.1. The topological polar surface area (TPSA) is 58.6 Å². The lowest BCUT2D eigenvalue weighted by atomic mass is 10.1. The summed E-state index contributed by atoms with van der Waals surface area (Å²) in [5.41, 5.74) is 2.41. The third kappa shape index (κ3) is 5.16. The molecule has 1 N–H and O–H groups in total. The first-order valence-corrected chi connectivity index (χ1v) is 8.15. The summed E-state index contributed by atoms with van der Waals surface area (Å²) < 4.78 is 5.15. The molecular formula is C20H24N2O3. The van der Waals surface area contributed by atoms with Crippen LogP contribution in [0.15, 0.2) is 48.5 Å². The van der Waals surface area contributed by atoms with Gasteiger partial charge < -0.3 is 10.1 Å². The molecule has 1 atom stereocenters. The second kappa shape index (κ2) is 8.44. The molecule has 0 radical (unpaired) electrons. The summed E-state index contributed by atoms with van der Waals surface area (Å²) in [6.07, 6.45) is 0. The molecule has 1 amide bonds. The summed E-state index contributed by atoms with van der Waals surface area (Å²) in [7, 11) is 3.55. The Kier molecular flexibility index (Phi) is 6.31. The number of hydrogen-bond acceptors (Lipinski definition) is 4. The van der Waals surface area contributed by atoms with Gasteiger partial charge >= 0.3 is 0 Å². The minimum absolute atomic E-state index is 0.00506. The number of anilines is 1. The number of amides is 1. The van der Waals surface area contributed by atoms with Crippen molar-refractivity contribution in [2.24, 2.45) is 0 Å². The third-order valence-electron chi connectivity index (χ3n) is 4.19. The molecule has 0 fully saturated rings. The molecule has 25 heavy (non-hydrogen) atoms. The monoisotopic (exact) mass is 340 g/mol. The van der Waals surface area contributed by atoms with E-state index >= 15 is 0 Å². The molecule has 1 unspecified atom stereocenters. The molecule has 2 rings (SSSR count). The molecule has 0 saturated heterocycles. The summed E-state index contributed by atoms with van der Waals surface area (Å²) in [6.45, 7) is 4.04. The van der Waals surface area contributed by atoms with Crippen molar-refractivity contribution in [3.63, 3.8) is 0 Å². The van der Waals surface area contributed by atoms with Gasteiger partial charge in [0.05, 0.1) is 13.2 Å². The van der Waals surface area contributed by atoms with Crippen LogP contribution in [0.5, 0.6) is 5.75 Å². The van der Waals surface area contributed by atoms with Gasteiger partial charge in [-0.15, -0.1) is 0 Å². The summed E-state index contributed by atoms with van der Waals surface area (Å²) in [5.74, 6) is 0.725. The van der Waals surface area contributed by atoms with E-state index in [0.717, 1.165) is 11.3 Å². The SMILES string of the molecule is COc1ccc(CN(C)C(C)C(=O)Nc2ccc(C(C)=O)cc2)cc1. The van der Waals surface area contributed by atoms with Crippen LogP contribution in [-0.2, 0) is 11.3 Å². The van der Waals surface area contributed by atoms with E-state index in [1.165, 1.54) is 6.92 Å². The predicted octanol–water partition coefficient (Wildman–Crippen LogP) is 3.36. The molecule has 0 aliphatic heterocycles. The number of ether oxygens (including phenoxy) is 1. The summed E-state index contributed by atoms with van der Waals surface area (Å²) >= 11 is 0. The number of carbonyl (C=O) groups is 2. The van der Waals surface area contributed by atoms with Crippen molar-refractivity contribution >= 4 is 17.4 Å². The number of hydrogen-bond donors (Lipinski definition) is 1. The fourth-order valence-electron chi connectivity index (χ4n) is 2.39. The zero-order valence-corrected chi connectivity index (χ0v) is 15.1. The van der Waals surface area contributed by atoms with Gasteiger partial charge in [0.25, 0.3) is 0 Å². The van der Waals surface area contributed by atoms with Crippen molar-refractivity contribution in [2.45, 2.75) is 26.4 Å². The van der Waals surface area contributed by atoms with Gasteiger partial charge in [0.2, 0.25) is 5.91 Å². The van der Waals surface area contributed by atoms with Crippen molar-refractivity contribution in [1.29, 1.82) is 0 Å².